The molecule has 0 radical (unpaired) electrons. The summed E-state index contributed by atoms with van der Waals surface area (Å²) >= 11 is 0. The van der Waals surface area contributed by atoms with Gasteiger partial charge in [0.25, 0.3) is 0 Å². The minimum atomic E-state index is -0.765. The fourth-order valence-electron chi connectivity index (χ4n) is 4.43. The van der Waals surface area contributed by atoms with E-state index >= 15 is 0 Å². The Morgan fingerprint density at radius 1 is 0.515 bits per heavy atom. The van der Waals surface area contributed by atoms with Gasteiger partial charge in [-0.05, 0) is 25.7 Å². The van der Waals surface area contributed by atoms with Crippen molar-refractivity contribution >= 4 is 0 Å². The summed E-state index contributed by atoms with van der Waals surface area (Å²) in [4.78, 5) is 0. The Morgan fingerprint density at radius 2 is 0.879 bits per heavy atom. The van der Waals surface area contributed by atoms with Gasteiger partial charge in [0.05, 0.1) is 0 Å². The van der Waals surface area contributed by atoms with E-state index in [0.717, 1.165) is 51.4 Å². The Labute approximate surface area is 204 Å². The van der Waals surface area contributed by atoms with Gasteiger partial charge in [-0.3, -0.25) is 0 Å². The Kier molecular flexibility index (Phi) is 19.8. The van der Waals surface area contributed by atoms with Gasteiger partial charge in [-0.15, -0.1) is 0 Å². The van der Waals surface area contributed by atoms with Crippen molar-refractivity contribution in [2.75, 3.05) is 42.0 Å². The Morgan fingerprint density at radius 3 is 1.15 bits per heavy atom. The summed E-state index contributed by atoms with van der Waals surface area (Å²) in [7, 11) is 6.73. The lowest BCUT2D eigenvalue weighted by Gasteiger charge is -2.38. The van der Waals surface area contributed by atoms with Crippen LogP contribution < -0.4 is 0 Å². The van der Waals surface area contributed by atoms with Gasteiger partial charge in [-0.1, -0.05) is 66.2 Å². The first kappa shape index (κ1) is 32.7. The molecule has 7 heteroatoms. The van der Waals surface area contributed by atoms with Crippen LogP contribution in [0.15, 0.2) is 0 Å². The third kappa shape index (κ3) is 11.3. The molecule has 0 bridgehead atoms. The predicted molar refractivity (Wildman–Crippen MR) is 132 cm³/mol. The van der Waals surface area contributed by atoms with Crippen molar-refractivity contribution in [3.63, 3.8) is 0 Å². The number of ether oxygens (including phenoxy) is 7. The summed E-state index contributed by atoms with van der Waals surface area (Å²) in [5, 5.41) is 0. The van der Waals surface area contributed by atoms with E-state index in [9.17, 15) is 0 Å². The average Bonchev–Trinajstić information content (AvgIpc) is 2.85. The third-order valence-corrected chi connectivity index (χ3v) is 6.57. The zero-order chi connectivity index (χ0) is 25.0. The maximum Gasteiger partial charge on any atom is 0.194 e. The lowest BCUT2D eigenvalue weighted by Crippen LogP contribution is -2.48. The second kappa shape index (κ2) is 20.0. The quantitative estimate of drug-likeness (QED) is 0.117. The fraction of sp³-hybridized carbons (Fsp3) is 1.00. The van der Waals surface area contributed by atoms with E-state index in [1.807, 2.05) is 0 Å². The van der Waals surface area contributed by atoms with Crippen LogP contribution in [0.1, 0.15) is 105 Å². The largest absolute Gasteiger partial charge is 0.351 e. The SMILES string of the molecule is CCCCCCC(OC)(OC)C(CC)OCOCOC(CC)C(CCCCCC)(OC)OC. The third-order valence-electron chi connectivity index (χ3n) is 6.57. The molecular weight excluding hydrogens is 424 g/mol. The van der Waals surface area contributed by atoms with Crippen molar-refractivity contribution in [3.8, 4) is 0 Å². The lowest BCUT2D eigenvalue weighted by atomic mass is 9.99. The van der Waals surface area contributed by atoms with Crippen LogP contribution in [0, 0.1) is 0 Å². The molecule has 0 aromatic carbocycles. The van der Waals surface area contributed by atoms with Crippen LogP contribution in [-0.4, -0.2) is 65.8 Å². The summed E-state index contributed by atoms with van der Waals surface area (Å²) in [6, 6.07) is 0. The normalized spacial score (nSPS) is 14.5. The molecule has 33 heavy (non-hydrogen) atoms. The summed E-state index contributed by atoms with van der Waals surface area (Å²) in [6.07, 6.45) is 11.8. The minimum absolute atomic E-state index is 0.0990. The smallest absolute Gasteiger partial charge is 0.194 e. The molecule has 200 valence electrons. The highest BCUT2D eigenvalue weighted by Gasteiger charge is 2.40. The zero-order valence-electron chi connectivity index (χ0n) is 22.9. The van der Waals surface area contributed by atoms with Gasteiger partial charge in [-0.25, -0.2) is 0 Å². The summed E-state index contributed by atoms with van der Waals surface area (Å²) in [5.41, 5.74) is 0. The van der Waals surface area contributed by atoms with E-state index in [1.54, 1.807) is 28.4 Å². The fourth-order valence-corrected chi connectivity index (χ4v) is 4.43. The molecule has 0 N–H and O–H groups in total. The second-order valence-electron chi connectivity index (χ2n) is 8.63. The molecule has 2 unspecified atom stereocenters. The van der Waals surface area contributed by atoms with Gasteiger partial charge in [0.15, 0.2) is 11.6 Å². The van der Waals surface area contributed by atoms with Gasteiger partial charge in [-0.2, -0.15) is 0 Å². The second-order valence-corrected chi connectivity index (χ2v) is 8.63. The molecule has 0 aliphatic heterocycles. The van der Waals surface area contributed by atoms with Crippen molar-refractivity contribution in [1.29, 1.82) is 0 Å². The minimum Gasteiger partial charge on any atom is -0.351 e. The van der Waals surface area contributed by atoms with E-state index in [2.05, 4.69) is 27.7 Å². The van der Waals surface area contributed by atoms with Crippen LogP contribution in [0.2, 0.25) is 0 Å². The van der Waals surface area contributed by atoms with E-state index in [1.165, 1.54) is 25.7 Å². The molecule has 0 amide bonds. The topological polar surface area (TPSA) is 64.6 Å². The monoisotopic (exact) mass is 478 g/mol. The molecule has 0 fully saturated rings. The molecule has 0 heterocycles. The van der Waals surface area contributed by atoms with Crippen LogP contribution in [0.5, 0.6) is 0 Å². The molecular formula is C26H54O7. The van der Waals surface area contributed by atoms with Crippen LogP contribution in [0.4, 0.5) is 0 Å². The standard InChI is InChI=1S/C26H54O7/c1-9-13-15-17-19-25(27-5,28-6)23(11-3)32-21-31-22-33-24(12-4)26(29-7,30-8)20-18-16-14-10-2/h23-24H,9-22H2,1-8H3. The maximum absolute atomic E-state index is 6.03. The van der Waals surface area contributed by atoms with Crippen LogP contribution in [-0.2, 0) is 33.2 Å². The van der Waals surface area contributed by atoms with Gasteiger partial charge in [0.1, 0.15) is 25.8 Å². The van der Waals surface area contributed by atoms with Gasteiger partial charge < -0.3 is 33.2 Å². The molecule has 2 atom stereocenters. The van der Waals surface area contributed by atoms with E-state index in [4.69, 9.17) is 33.2 Å². The first-order valence-electron chi connectivity index (χ1n) is 13.0. The van der Waals surface area contributed by atoms with Gasteiger partial charge >= 0.3 is 0 Å². The maximum atomic E-state index is 6.03. The van der Waals surface area contributed by atoms with Crippen molar-refractivity contribution in [2.24, 2.45) is 0 Å². The number of methoxy groups -OCH3 is 4. The number of hydrogen-bond donors (Lipinski definition) is 0. The highest BCUT2D eigenvalue weighted by Crippen LogP contribution is 2.30. The van der Waals surface area contributed by atoms with E-state index < -0.39 is 11.6 Å². The molecule has 0 aromatic heterocycles. The summed E-state index contributed by atoms with van der Waals surface area (Å²) in [5.74, 6) is -1.53. The average molecular weight is 479 g/mol. The van der Waals surface area contributed by atoms with Gasteiger partial charge in [0.2, 0.25) is 0 Å². The first-order chi connectivity index (χ1) is 16.0. The highest BCUT2D eigenvalue weighted by molar-refractivity contribution is 4.80. The Hall–Kier alpha value is -0.280. The molecule has 0 spiro atoms. The van der Waals surface area contributed by atoms with Crippen LogP contribution in [0.25, 0.3) is 0 Å². The zero-order valence-corrected chi connectivity index (χ0v) is 22.9. The van der Waals surface area contributed by atoms with Crippen LogP contribution in [0.3, 0.4) is 0 Å². The summed E-state index contributed by atoms with van der Waals surface area (Å²) < 4.78 is 40.9. The summed E-state index contributed by atoms with van der Waals surface area (Å²) in [6.45, 7) is 8.74. The van der Waals surface area contributed by atoms with E-state index in [-0.39, 0.29) is 25.8 Å². The molecule has 0 saturated carbocycles. The first-order valence-corrected chi connectivity index (χ1v) is 13.0. The molecule has 0 saturated heterocycles. The van der Waals surface area contributed by atoms with Crippen molar-refractivity contribution in [1.82, 2.24) is 0 Å². The number of unbranched alkanes of at least 4 members (excludes halogenated alkanes) is 6. The Balaban J connectivity index is 4.71. The van der Waals surface area contributed by atoms with Crippen LogP contribution >= 0.6 is 0 Å². The lowest BCUT2D eigenvalue weighted by molar-refractivity contribution is -0.306. The van der Waals surface area contributed by atoms with E-state index in [0.29, 0.717) is 0 Å². The highest BCUT2D eigenvalue weighted by atomic mass is 16.8. The van der Waals surface area contributed by atoms with Crippen molar-refractivity contribution in [3.05, 3.63) is 0 Å². The molecule has 0 aliphatic carbocycles. The van der Waals surface area contributed by atoms with Gasteiger partial charge in [0, 0.05) is 41.3 Å². The molecule has 0 aromatic rings. The van der Waals surface area contributed by atoms with Crippen molar-refractivity contribution < 1.29 is 33.2 Å². The molecule has 0 rings (SSSR count). The molecule has 0 aliphatic rings. The predicted octanol–water partition coefficient (Wildman–Crippen LogP) is 6.43. The molecule has 7 nitrogen and oxygen atoms in total. The number of hydrogen-bond acceptors (Lipinski definition) is 7. The Bertz CT molecular complexity index is 387. The van der Waals surface area contributed by atoms with Crippen molar-refractivity contribution in [2.45, 2.75) is 129 Å². The number of rotatable bonds is 24.